The molecule has 0 aliphatic heterocycles. The number of primary amides is 1. The largest absolute Gasteiger partial charge is 0.368 e. The summed E-state index contributed by atoms with van der Waals surface area (Å²) in [5.74, 6) is -0.191. The molecule has 0 aromatic rings. The van der Waals surface area contributed by atoms with Crippen LogP contribution < -0.4 is 11.1 Å². The molecule has 1 amide bonds. The molecule has 0 bridgehead atoms. The summed E-state index contributed by atoms with van der Waals surface area (Å²) in [6.45, 7) is 10.6. The van der Waals surface area contributed by atoms with Crippen molar-refractivity contribution in [1.29, 1.82) is 0 Å². The summed E-state index contributed by atoms with van der Waals surface area (Å²) < 4.78 is 0. The molecule has 1 saturated carbocycles. The Bertz CT molecular complexity index is 307. The second-order valence-corrected chi connectivity index (χ2v) is 7.20. The predicted octanol–water partition coefficient (Wildman–Crippen LogP) is 1.74. The van der Waals surface area contributed by atoms with Gasteiger partial charge in [-0.15, -0.1) is 0 Å². The summed E-state index contributed by atoms with van der Waals surface area (Å²) in [6, 6.07) is 0.444. The number of nitrogens with two attached hydrogens (primary N) is 1. The van der Waals surface area contributed by atoms with Crippen LogP contribution in [-0.2, 0) is 4.79 Å². The monoisotopic (exact) mass is 269 g/mol. The Balaban J connectivity index is 2.74. The molecule has 4 heteroatoms. The average molecular weight is 269 g/mol. The highest BCUT2D eigenvalue weighted by Gasteiger charge is 2.41. The van der Waals surface area contributed by atoms with Crippen molar-refractivity contribution < 1.29 is 4.79 Å². The lowest BCUT2D eigenvalue weighted by atomic mass is 9.77. The minimum absolute atomic E-state index is 0.191. The van der Waals surface area contributed by atoms with Gasteiger partial charge in [-0.3, -0.25) is 4.79 Å². The van der Waals surface area contributed by atoms with Crippen molar-refractivity contribution in [3.8, 4) is 0 Å². The van der Waals surface area contributed by atoms with Gasteiger partial charge in [0.2, 0.25) is 5.91 Å². The van der Waals surface area contributed by atoms with Gasteiger partial charge in [-0.2, -0.15) is 0 Å². The number of nitrogens with zero attached hydrogens (tertiary/aromatic N) is 1. The minimum atomic E-state index is -0.496. The second-order valence-electron chi connectivity index (χ2n) is 7.20. The van der Waals surface area contributed by atoms with Crippen LogP contribution in [0.15, 0.2) is 0 Å². The minimum Gasteiger partial charge on any atom is -0.368 e. The number of carbonyl (C=O) groups excluding carboxylic acids is 1. The number of likely N-dealkylation sites (N-methyl/N-ethyl adjacent to an activating group) is 1. The van der Waals surface area contributed by atoms with Gasteiger partial charge in [-0.05, 0) is 44.7 Å². The van der Waals surface area contributed by atoms with Gasteiger partial charge in [0.25, 0.3) is 0 Å². The Labute approximate surface area is 118 Å². The van der Waals surface area contributed by atoms with Crippen molar-refractivity contribution in [2.75, 3.05) is 20.1 Å². The van der Waals surface area contributed by atoms with Crippen LogP contribution in [0.2, 0.25) is 0 Å². The first-order valence-corrected chi connectivity index (χ1v) is 7.45. The van der Waals surface area contributed by atoms with Crippen LogP contribution in [0, 0.1) is 5.41 Å². The molecule has 0 radical (unpaired) electrons. The van der Waals surface area contributed by atoms with Crippen LogP contribution in [0.25, 0.3) is 0 Å². The van der Waals surface area contributed by atoms with Crippen molar-refractivity contribution in [1.82, 2.24) is 10.2 Å². The first-order valence-electron chi connectivity index (χ1n) is 7.45. The molecular weight excluding hydrogens is 238 g/mol. The molecule has 0 heterocycles. The van der Waals surface area contributed by atoms with Gasteiger partial charge < -0.3 is 16.0 Å². The van der Waals surface area contributed by atoms with Crippen LogP contribution >= 0.6 is 0 Å². The van der Waals surface area contributed by atoms with Crippen molar-refractivity contribution in [3.63, 3.8) is 0 Å². The number of carbonyl (C=O) groups is 1. The third-order valence-corrected chi connectivity index (χ3v) is 4.06. The molecule has 0 spiro atoms. The molecule has 0 aromatic carbocycles. The molecule has 2 unspecified atom stereocenters. The highest BCUT2D eigenvalue weighted by atomic mass is 16.1. The summed E-state index contributed by atoms with van der Waals surface area (Å²) in [7, 11) is 2.17. The molecule has 2 atom stereocenters. The molecule has 1 rings (SSSR count). The molecule has 1 aliphatic rings. The maximum Gasteiger partial charge on any atom is 0.237 e. The van der Waals surface area contributed by atoms with Gasteiger partial charge >= 0.3 is 0 Å². The van der Waals surface area contributed by atoms with E-state index in [1.807, 2.05) is 6.92 Å². The summed E-state index contributed by atoms with van der Waals surface area (Å²) >= 11 is 0. The molecule has 112 valence electrons. The van der Waals surface area contributed by atoms with Crippen LogP contribution in [0.3, 0.4) is 0 Å². The zero-order chi connectivity index (χ0) is 14.7. The third kappa shape index (κ3) is 4.46. The second kappa shape index (κ2) is 6.23. The maximum absolute atomic E-state index is 11.9. The number of hydrogen-bond donors (Lipinski definition) is 2. The first-order chi connectivity index (χ1) is 8.70. The van der Waals surface area contributed by atoms with E-state index in [9.17, 15) is 4.79 Å². The zero-order valence-corrected chi connectivity index (χ0v) is 13.3. The quantitative estimate of drug-likeness (QED) is 0.799. The number of rotatable bonds is 5. The van der Waals surface area contributed by atoms with Crippen molar-refractivity contribution in [2.45, 2.75) is 65.0 Å². The van der Waals surface area contributed by atoms with Gasteiger partial charge in [-0.25, -0.2) is 0 Å². The Morgan fingerprint density at radius 3 is 2.58 bits per heavy atom. The van der Waals surface area contributed by atoms with Gasteiger partial charge in [0.1, 0.15) is 0 Å². The fraction of sp³-hybridized carbons (Fsp3) is 0.933. The van der Waals surface area contributed by atoms with Crippen LogP contribution in [0.5, 0.6) is 0 Å². The summed E-state index contributed by atoms with van der Waals surface area (Å²) in [4.78, 5) is 14.3. The van der Waals surface area contributed by atoms with E-state index < -0.39 is 5.54 Å². The highest BCUT2D eigenvalue weighted by Crippen LogP contribution is 2.32. The van der Waals surface area contributed by atoms with Gasteiger partial charge in [0.05, 0.1) is 5.54 Å². The fourth-order valence-electron chi connectivity index (χ4n) is 3.31. The van der Waals surface area contributed by atoms with Crippen molar-refractivity contribution in [2.24, 2.45) is 11.1 Å². The van der Waals surface area contributed by atoms with Gasteiger partial charge in [-0.1, -0.05) is 27.7 Å². The predicted molar refractivity (Wildman–Crippen MR) is 79.9 cm³/mol. The van der Waals surface area contributed by atoms with Crippen LogP contribution in [0.4, 0.5) is 0 Å². The van der Waals surface area contributed by atoms with Gasteiger partial charge in [0, 0.05) is 12.6 Å². The third-order valence-electron chi connectivity index (χ3n) is 4.06. The zero-order valence-electron chi connectivity index (χ0n) is 13.3. The van der Waals surface area contributed by atoms with Crippen LogP contribution in [0.1, 0.15) is 53.4 Å². The van der Waals surface area contributed by atoms with E-state index in [1.54, 1.807) is 0 Å². The lowest BCUT2D eigenvalue weighted by Crippen LogP contribution is -2.60. The van der Waals surface area contributed by atoms with Crippen LogP contribution in [-0.4, -0.2) is 42.5 Å². The van der Waals surface area contributed by atoms with E-state index in [0.29, 0.717) is 6.04 Å². The van der Waals surface area contributed by atoms with Crippen molar-refractivity contribution >= 4 is 5.91 Å². The molecular formula is C15H31N3O. The number of hydrogen-bond acceptors (Lipinski definition) is 3. The van der Waals surface area contributed by atoms with E-state index in [0.717, 1.165) is 38.8 Å². The Kier molecular flexibility index (Phi) is 5.39. The fourth-order valence-corrected chi connectivity index (χ4v) is 3.31. The molecule has 3 N–H and O–H groups in total. The molecule has 19 heavy (non-hydrogen) atoms. The Hall–Kier alpha value is -0.610. The molecule has 4 nitrogen and oxygen atoms in total. The standard InChI is InChI=1S/C15H31N3O/c1-6-17-15(13(16)19)9-7-8-12(10-15)18(5)11-14(2,3)4/h12,17H,6-11H2,1-5H3,(H2,16,19). The van der Waals surface area contributed by atoms with E-state index in [-0.39, 0.29) is 11.3 Å². The average Bonchev–Trinajstić information content (AvgIpc) is 2.27. The maximum atomic E-state index is 11.9. The van der Waals surface area contributed by atoms with E-state index in [2.05, 4.69) is 38.0 Å². The van der Waals surface area contributed by atoms with E-state index in [1.165, 1.54) is 0 Å². The Morgan fingerprint density at radius 1 is 1.47 bits per heavy atom. The normalized spacial score (nSPS) is 28.6. The van der Waals surface area contributed by atoms with E-state index in [4.69, 9.17) is 5.73 Å². The van der Waals surface area contributed by atoms with Crippen molar-refractivity contribution in [3.05, 3.63) is 0 Å². The number of nitrogens with one attached hydrogen (secondary N) is 1. The topological polar surface area (TPSA) is 58.4 Å². The first kappa shape index (κ1) is 16.4. The SMILES string of the molecule is CCNC1(C(N)=O)CCCC(N(C)CC(C)(C)C)C1. The lowest BCUT2D eigenvalue weighted by Gasteiger charge is -2.43. The molecule has 1 aliphatic carbocycles. The molecule has 0 saturated heterocycles. The lowest BCUT2D eigenvalue weighted by molar-refractivity contribution is -0.126. The summed E-state index contributed by atoms with van der Waals surface area (Å²) in [5, 5.41) is 3.34. The van der Waals surface area contributed by atoms with Gasteiger partial charge in [0.15, 0.2) is 0 Å². The smallest absolute Gasteiger partial charge is 0.237 e. The molecule has 0 aromatic heterocycles. The Morgan fingerprint density at radius 2 is 2.11 bits per heavy atom. The highest BCUT2D eigenvalue weighted by molar-refractivity contribution is 5.84. The van der Waals surface area contributed by atoms with E-state index >= 15 is 0 Å². The number of amides is 1. The molecule has 1 fully saturated rings. The summed E-state index contributed by atoms with van der Waals surface area (Å²) in [5.41, 5.74) is 5.44. The summed E-state index contributed by atoms with van der Waals surface area (Å²) in [6.07, 6.45) is 3.93.